The monoisotopic (exact) mass is 210 g/mol. The van der Waals surface area contributed by atoms with Gasteiger partial charge < -0.3 is 4.90 Å². The maximum atomic E-state index is 11.2. The average Bonchev–Trinajstić information content (AvgIpc) is 2.44. The van der Waals surface area contributed by atoms with E-state index in [4.69, 9.17) is 0 Å². The molecule has 15 heavy (non-hydrogen) atoms. The number of rotatable bonds is 1. The van der Waals surface area contributed by atoms with Gasteiger partial charge in [0.15, 0.2) is 0 Å². The van der Waals surface area contributed by atoms with Crippen molar-refractivity contribution < 1.29 is 4.79 Å². The van der Waals surface area contributed by atoms with Gasteiger partial charge in [-0.1, -0.05) is 0 Å². The molecular weight excluding hydrogens is 188 g/mol. The Hall–Kier alpha value is -0.410. The van der Waals surface area contributed by atoms with Gasteiger partial charge in [-0.15, -0.1) is 0 Å². The van der Waals surface area contributed by atoms with E-state index in [-0.39, 0.29) is 0 Å². The fourth-order valence-corrected chi connectivity index (χ4v) is 2.72. The molecule has 2 fully saturated rings. The Bertz CT molecular complexity index is 220. The van der Waals surface area contributed by atoms with Gasteiger partial charge >= 0.3 is 0 Å². The molecule has 0 aromatic heterocycles. The molecule has 0 atom stereocenters. The molecule has 0 aromatic carbocycles. The van der Waals surface area contributed by atoms with Crippen LogP contribution in [0.25, 0.3) is 0 Å². The number of Topliss-reactive ketones (excluding diaryl/α,β-unsaturated/α-hetero) is 1. The summed E-state index contributed by atoms with van der Waals surface area (Å²) in [4.78, 5) is 16.2. The zero-order valence-electron chi connectivity index (χ0n) is 9.74. The molecule has 1 saturated heterocycles. The van der Waals surface area contributed by atoms with Crippen molar-refractivity contribution >= 4 is 5.78 Å². The van der Waals surface area contributed by atoms with Crippen molar-refractivity contribution in [3.63, 3.8) is 0 Å². The lowest BCUT2D eigenvalue weighted by molar-refractivity contribution is -0.121. The van der Waals surface area contributed by atoms with E-state index in [2.05, 4.69) is 16.8 Å². The molecule has 3 heteroatoms. The minimum Gasteiger partial charge on any atom is -0.305 e. The van der Waals surface area contributed by atoms with E-state index in [1.54, 1.807) is 0 Å². The summed E-state index contributed by atoms with van der Waals surface area (Å²) in [6.07, 6.45) is 5.11. The van der Waals surface area contributed by atoms with Crippen LogP contribution in [0.2, 0.25) is 0 Å². The topological polar surface area (TPSA) is 23.6 Å². The second kappa shape index (κ2) is 5.08. The predicted molar refractivity (Wildman–Crippen MR) is 61.0 cm³/mol. The summed E-state index contributed by atoms with van der Waals surface area (Å²) in [5, 5.41) is 0. The first-order chi connectivity index (χ1) is 7.25. The lowest BCUT2D eigenvalue weighted by Gasteiger charge is -2.32. The number of hydrogen-bond donors (Lipinski definition) is 0. The fourth-order valence-electron chi connectivity index (χ4n) is 2.72. The summed E-state index contributed by atoms with van der Waals surface area (Å²) >= 11 is 0. The second-order valence-electron chi connectivity index (χ2n) is 4.96. The summed E-state index contributed by atoms with van der Waals surface area (Å²) in [5.41, 5.74) is 0. The summed E-state index contributed by atoms with van der Waals surface area (Å²) < 4.78 is 0. The van der Waals surface area contributed by atoms with Crippen molar-refractivity contribution in [3.05, 3.63) is 0 Å². The highest BCUT2D eigenvalue weighted by atomic mass is 16.1. The Morgan fingerprint density at radius 3 is 2.53 bits per heavy atom. The van der Waals surface area contributed by atoms with Crippen LogP contribution in [0.5, 0.6) is 0 Å². The number of carbonyl (C=O) groups is 1. The molecule has 0 spiro atoms. The van der Waals surface area contributed by atoms with Crippen LogP contribution >= 0.6 is 0 Å². The molecule has 0 N–H and O–H groups in total. The van der Waals surface area contributed by atoms with Crippen LogP contribution in [0.15, 0.2) is 0 Å². The minimum absolute atomic E-state index is 0.471. The second-order valence-corrected chi connectivity index (χ2v) is 4.96. The highest BCUT2D eigenvalue weighted by Crippen LogP contribution is 2.21. The van der Waals surface area contributed by atoms with E-state index < -0.39 is 0 Å². The van der Waals surface area contributed by atoms with Crippen LogP contribution in [-0.4, -0.2) is 54.9 Å². The van der Waals surface area contributed by atoms with Gasteiger partial charge in [-0.25, -0.2) is 0 Å². The highest BCUT2D eigenvalue weighted by molar-refractivity contribution is 5.79. The van der Waals surface area contributed by atoms with Gasteiger partial charge in [-0.3, -0.25) is 9.69 Å². The molecule has 2 aliphatic rings. The molecule has 2 rings (SSSR count). The lowest BCUT2D eigenvalue weighted by Crippen LogP contribution is -2.40. The normalized spacial score (nSPS) is 27.9. The molecule has 86 valence electrons. The van der Waals surface area contributed by atoms with E-state index in [1.807, 2.05) is 0 Å². The van der Waals surface area contributed by atoms with Gasteiger partial charge in [-0.05, 0) is 39.4 Å². The fraction of sp³-hybridized carbons (Fsp3) is 0.917. The van der Waals surface area contributed by atoms with E-state index in [9.17, 15) is 4.79 Å². The van der Waals surface area contributed by atoms with Crippen molar-refractivity contribution in [1.29, 1.82) is 0 Å². The molecule has 0 amide bonds. The van der Waals surface area contributed by atoms with Crippen LogP contribution in [-0.2, 0) is 4.79 Å². The molecule has 1 saturated carbocycles. The van der Waals surface area contributed by atoms with Crippen LogP contribution in [0.1, 0.15) is 32.1 Å². The highest BCUT2D eigenvalue weighted by Gasteiger charge is 2.25. The first kappa shape index (κ1) is 11.1. The summed E-state index contributed by atoms with van der Waals surface area (Å²) in [5.74, 6) is 0.471. The van der Waals surface area contributed by atoms with Crippen molar-refractivity contribution in [2.75, 3.05) is 33.2 Å². The molecule has 0 radical (unpaired) electrons. The Labute approximate surface area is 92.4 Å². The van der Waals surface area contributed by atoms with E-state index in [0.29, 0.717) is 11.8 Å². The third-order valence-electron chi connectivity index (χ3n) is 3.78. The third-order valence-corrected chi connectivity index (χ3v) is 3.78. The summed E-state index contributed by atoms with van der Waals surface area (Å²) in [7, 11) is 2.20. The molecule has 1 heterocycles. The molecule has 0 unspecified atom stereocenters. The molecule has 1 aliphatic carbocycles. The minimum atomic E-state index is 0.471. The number of carbonyl (C=O) groups excluding carboxylic acids is 1. The molecular formula is C12H22N2O. The van der Waals surface area contributed by atoms with Crippen molar-refractivity contribution in [2.45, 2.75) is 38.1 Å². The van der Waals surface area contributed by atoms with Gasteiger partial charge in [0.25, 0.3) is 0 Å². The van der Waals surface area contributed by atoms with E-state index in [1.165, 1.54) is 32.6 Å². The van der Waals surface area contributed by atoms with Crippen LogP contribution in [0.4, 0.5) is 0 Å². The number of nitrogens with zero attached hydrogens (tertiary/aromatic N) is 2. The molecule has 0 bridgehead atoms. The third kappa shape index (κ3) is 3.02. The van der Waals surface area contributed by atoms with Crippen molar-refractivity contribution in [3.8, 4) is 0 Å². The van der Waals surface area contributed by atoms with Gasteiger partial charge in [0.05, 0.1) is 0 Å². The maximum absolute atomic E-state index is 11.2. The quantitative estimate of drug-likeness (QED) is 0.648. The Balaban J connectivity index is 1.84. The zero-order valence-corrected chi connectivity index (χ0v) is 9.74. The average molecular weight is 210 g/mol. The largest absolute Gasteiger partial charge is 0.305 e. The standard InChI is InChI=1S/C12H22N2O/c1-13-7-2-8-14(10-9-13)11-3-5-12(15)6-4-11/h11H,2-10H2,1H3. The molecule has 0 aromatic rings. The molecule has 1 aliphatic heterocycles. The molecule has 3 nitrogen and oxygen atoms in total. The van der Waals surface area contributed by atoms with E-state index >= 15 is 0 Å². The van der Waals surface area contributed by atoms with Crippen LogP contribution in [0.3, 0.4) is 0 Å². The zero-order chi connectivity index (χ0) is 10.7. The van der Waals surface area contributed by atoms with Crippen molar-refractivity contribution in [2.24, 2.45) is 0 Å². The number of hydrogen-bond acceptors (Lipinski definition) is 3. The van der Waals surface area contributed by atoms with Crippen LogP contribution < -0.4 is 0 Å². The number of likely N-dealkylation sites (N-methyl/N-ethyl adjacent to an activating group) is 1. The van der Waals surface area contributed by atoms with Crippen LogP contribution in [0, 0.1) is 0 Å². The van der Waals surface area contributed by atoms with E-state index in [0.717, 1.165) is 25.7 Å². The SMILES string of the molecule is CN1CCCN(C2CCC(=O)CC2)CC1. The first-order valence-electron chi connectivity index (χ1n) is 6.20. The number of ketones is 1. The Morgan fingerprint density at radius 1 is 1.07 bits per heavy atom. The predicted octanol–water partition coefficient (Wildman–Crippen LogP) is 1.14. The van der Waals surface area contributed by atoms with Gasteiger partial charge in [-0.2, -0.15) is 0 Å². The smallest absolute Gasteiger partial charge is 0.133 e. The van der Waals surface area contributed by atoms with Gasteiger partial charge in [0.2, 0.25) is 0 Å². The summed E-state index contributed by atoms with van der Waals surface area (Å²) in [6.45, 7) is 4.82. The van der Waals surface area contributed by atoms with Gasteiger partial charge in [0, 0.05) is 32.0 Å². The maximum Gasteiger partial charge on any atom is 0.133 e. The Morgan fingerprint density at radius 2 is 1.80 bits per heavy atom. The van der Waals surface area contributed by atoms with Crippen molar-refractivity contribution in [1.82, 2.24) is 9.80 Å². The summed E-state index contributed by atoms with van der Waals surface area (Å²) in [6, 6.07) is 0.689. The van der Waals surface area contributed by atoms with Gasteiger partial charge in [0.1, 0.15) is 5.78 Å². The Kier molecular flexibility index (Phi) is 3.76. The lowest BCUT2D eigenvalue weighted by atomic mass is 9.93. The first-order valence-corrected chi connectivity index (χ1v) is 6.20.